The van der Waals surface area contributed by atoms with Gasteiger partial charge in [-0.15, -0.1) is 12.6 Å². The molecule has 1 N–H and O–H groups in total. The number of ether oxygens (including phenoxy) is 1. The number of rotatable bonds is 3. The van der Waals surface area contributed by atoms with Crippen molar-refractivity contribution < 1.29 is 23.4 Å². The molecule has 0 amide bonds. The van der Waals surface area contributed by atoms with E-state index in [4.69, 9.17) is 10.4 Å². The quantitative estimate of drug-likeness (QED) is 0.800. The summed E-state index contributed by atoms with van der Waals surface area (Å²) < 4.78 is 27.9. The maximum absolute atomic E-state index is 11.9. The van der Waals surface area contributed by atoms with Crippen molar-refractivity contribution in [3.05, 3.63) is 23.3 Å². The third-order valence-corrected chi connectivity index (χ3v) is 2.02. The van der Waals surface area contributed by atoms with Gasteiger partial charge in [0.1, 0.15) is 11.8 Å². The molecule has 0 heterocycles. The molecule has 1 aromatic rings. The maximum atomic E-state index is 11.9. The lowest BCUT2D eigenvalue weighted by atomic mass is 10.1. The van der Waals surface area contributed by atoms with Crippen LogP contribution >= 0.6 is 12.6 Å². The Morgan fingerprint density at radius 1 is 1.56 bits per heavy atom. The van der Waals surface area contributed by atoms with Crippen LogP contribution in [0.1, 0.15) is 15.9 Å². The summed E-state index contributed by atoms with van der Waals surface area (Å²) in [4.78, 5) is 10.7. The van der Waals surface area contributed by atoms with Crippen LogP contribution in [0.2, 0.25) is 0 Å². The van der Waals surface area contributed by atoms with Gasteiger partial charge in [-0.05, 0) is 12.1 Å². The summed E-state index contributed by atoms with van der Waals surface area (Å²) in [5, 5.41) is 17.4. The highest BCUT2D eigenvalue weighted by Gasteiger charge is 2.16. The molecule has 1 rings (SSSR count). The highest BCUT2D eigenvalue weighted by Crippen LogP contribution is 2.28. The minimum absolute atomic E-state index is 0.0261. The van der Waals surface area contributed by atoms with Crippen molar-refractivity contribution in [2.24, 2.45) is 0 Å². The van der Waals surface area contributed by atoms with Gasteiger partial charge in [-0.3, -0.25) is 0 Å². The fourth-order valence-corrected chi connectivity index (χ4v) is 1.27. The lowest BCUT2D eigenvalue weighted by Gasteiger charge is -2.08. The molecule has 0 unspecified atom stereocenters. The summed E-state index contributed by atoms with van der Waals surface area (Å²) in [6.45, 7) is -3.08. The summed E-state index contributed by atoms with van der Waals surface area (Å²) in [7, 11) is 0. The van der Waals surface area contributed by atoms with Crippen LogP contribution in [0.3, 0.4) is 0 Å². The Kier molecular flexibility index (Phi) is 3.68. The molecule has 0 aliphatic rings. The monoisotopic (exact) mass is 245 g/mol. The van der Waals surface area contributed by atoms with E-state index in [2.05, 4.69) is 17.4 Å². The Morgan fingerprint density at radius 2 is 2.19 bits per heavy atom. The number of carboxylic acid groups (broad SMARTS) is 1. The van der Waals surface area contributed by atoms with Gasteiger partial charge in [0.05, 0.1) is 11.1 Å². The van der Waals surface area contributed by atoms with E-state index in [9.17, 15) is 13.6 Å². The van der Waals surface area contributed by atoms with Crippen LogP contribution in [0.5, 0.6) is 5.75 Å². The second-order valence-electron chi connectivity index (χ2n) is 2.66. The first-order valence-corrected chi connectivity index (χ1v) is 4.35. The van der Waals surface area contributed by atoms with Gasteiger partial charge in [-0.25, -0.2) is 4.79 Å². The zero-order chi connectivity index (χ0) is 12.3. The van der Waals surface area contributed by atoms with E-state index in [-0.39, 0.29) is 16.2 Å². The Labute approximate surface area is 94.5 Å². The third kappa shape index (κ3) is 2.61. The zero-order valence-corrected chi connectivity index (χ0v) is 8.54. The largest absolute Gasteiger partial charge is 0.478 e. The number of hydrogen-bond acceptors (Lipinski definition) is 4. The van der Waals surface area contributed by atoms with Crippen LogP contribution in [0, 0.1) is 11.3 Å². The Morgan fingerprint density at radius 3 is 2.62 bits per heavy atom. The SMILES string of the molecule is N#Cc1cc(S)c(OC(F)F)cc1C(=O)O. The molecule has 0 fully saturated rings. The number of carbonyl (C=O) groups is 1. The van der Waals surface area contributed by atoms with E-state index in [1.54, 1.807) is 6.07 Å². The molecule has 0 saturated heterocycles. The molecule has 16 heavy (non-hydrogen) atoms. The number of nitrogens with zero attached hydrogens (tertiary/aromatic N) is 1. The van der Waals surface area contributed by atoms with E-state index < -0.39 is 18.1 Å². The molecule has 0 radical (unpaired) electrons. The number of benzene rings is 1. The molecule has 0 saturated carbocycles. The van der Waals surface area contributed by atoms with Crippen molar-refractivity contribution in [2.75, 3.05) is 0 Å². The molecule has 0 aliphatic carbocycles. The molecule has 1 aromatic carbocycles. The molecule has 0 bridgehead atoms. The minimum Gasteiger partial charge on any atom is -0.478 e. The lowest BCUT2D eigenvalue weighted by Crippen LogP contribution is -2.06. The molecular weight excluding hydrogens is 240 g/mol. The van der Waals surface area contributed by atoms with Gasteiger partial charge in [0, 0.05) is 4.90 Å². The third-order valence-electron chi connectivity index (χ3n) is 1.67. The van der Waals surface area contributed by atoms with Gasteiger partial charge >= 0.3 is 12.6 Å². The van der Waals surface area contributed by atoms with Crippen LogP contribution in [-0.4, -0.2) is 17.7 Å². The summed E-state index contributed by atoms with van der Waals surface area (Å²) in [5.74, 6) is -1.78. The van der Waals surface area contributed by atoms with Gasteiger partial charge in [0.25, 0.3) is 0 Å². The standard InChI is InChI=1S/C9H5F2NO3S/c10-9(11)15-6-2-5(8(13)14)4(3-12)1-7(6)16/h1-2,9,16H,(H,13,14). The average Bonchev–Trinajstić information content (AvgIpc) is 2.19. The first-order valence-electron chi connectivity index (χ1n) is 3.91. The van der Waals surface area contributed by atoms with Gasteiger partial charge in [-0.1, -0.05) is 0 Å². The van der Waals surface area contributed by atoms with Crippen LogP contribution in [0.15, 0.2) is 17.0 Å². The fourth-order valence-electron chi connectivity index (χ4n) is 1.03. The molecule has 4 nitrogen and oxygen atoms in total. The molecule has 0 spiro atoms. The lowest BCUT2D eigenvalue weighted by molar-refractivity contribution is -0.0517. The normalized spacial score (nSPS) is 9.94. The van der Waals surface area contributed by atoms with E-state index in [0.717, 1.165) is 12.1 Å². The average molecular weight is 245 g/mol. The topological polar surface area (TPSA) is 70.3 Å². The Hall–Kier alpha value is -1.81. The number of carboxylic acids is 1. The zero-order valence-electron chi connectivity index (χ0n) is 7.65. The van der Waals surface area contributed by atoms with Gasteiger partial charge in [0.15, 0.2) is 0 Å². The second kappa shape index (κ2) is 4.81. The van der Waals surface area contributed by atoms with Gasteiger partial charge < -0.3 is 9.84 Å². The van der Waals surface area contributed by atoms with Crippen molar-refractivity contribution in [3.8, 4) is 11.8 Å². The van der Waals surface area contributed by atoms with Crippen LogP contribution in [0.25, 0.3) is 0 Å². The Balaban J connectivity index is 3.29. The number of aromatic carboxylic acids is 1. The van der Waals surface area contributed by atoms with Crippen LogP contribution in [-0.2, 0) is 0 Å². The van der Waals surface area contributed by atoms with Gasteiger partial charge in [-0.2, -0.15) is 14.0 Å². The highest BCUT2D eigenvalue weighted by molar-refractivity contribution is 7.80. The number of alkyl halides is 2. The van der Waals surface area contributed by atoms with E-state index in [1.165, 1.54) is 0 Å². The molecule has 0 aliphatic heterocycles. The molecule has 0 aromatic heterocycles. The van der Waals surface area contributed by atoms with E-state index in [0.29, 0.717) is 0 Å². The first kappa shape index (κ1) is 12.3. The first-order chi connectivity index (χ1) is 7.45. The number of hydrogen-bond donors (Lipinski definition) is 2. The van der Waals surface area contributed by atoms with Crippen molar-refractivity contribution in [1.82, 2.24) is 0 Å². The number of nitriles is 1. The molecule has 84 valence electrons. The highest BCUT2D eigenvalue weighted by atomic mass is 32.1. The minimum atomic E-state index is -3.08. The smallest absolute Gasteiger partial charge is 0.387 e. The number of halogens is 2. The van der Waals surface area contributed by atoms with E-state index >= 15 is 0 Å². The second-order valence-corrected chi connectivity index (χ2v) is 3.14. The van der Waals surface area contributed by atoms with E-state index in [1.807, 2.05) is 0 Å². The van der Waals surface area contributed by atoms with Crippen molar-refractivity contribution in [3.63, 3.8) is 0 Å². The Bertz CT molecular complexity index is 471. The fraction of sp³-hybridized carbons (Fsp3) is 0.111. The van der Waals surface area contributed by atoms with Crippen LogP contribution in [0.4, 0.5) is 8.78 Å². The predicted octanol–water partition coefficient (Wildman–Crippen LogP) is 2.15. The predicted molar refractivity (Wildman–Crippen MR) is 52.0 cm³/mol. The van der Waals surface area contributed by atoms with Crippen molar-refractivity contribution >= 4 is 18.6 Å². The summed E-state index contributed by atoms with van der Waals surface area (Å²) in [6, 6.07) is 3.53. The van der Waals surface area contributed by atoms with Crippen molar-refractivity contribution in [2.45, 2.75) is 11.5 Å². The number of thiol groups is 1. The van der Waals surface area contributed by atoms with Crippen molar-refractivity contribution in [1.29, 1.82) is 5.26 Å². The van der Waals surface area contributed by atoms with Crippen LogP contribution < -0.4 is 4.74 Å². The molecule has 7 heteroatoms. The molecule has 0 atom stereocenters. The summed E-state index contributed by atoms with van der Waals surface area (Å²) in [6.07, 6.45) is 0. The summed E-state index contributed by atoms with van der Waals surface area (Å²) >= 11 is 3.81. The van der Waals surface area contributed by atoms with Gasteiger partial charge in [0.2, 0.25) is 0 Å². The maximum Gasteiger partial charge on any atom is 0.387 e. The molecular formula is C9H5F2NO3S. The summed E-state index contributed by atoms with van der Waals surface area (Å²) in [5.41, 5.74) is -0.574.